The summed E-state index contributed by atoms with van der Waals surface area (Å²) in [7, 11) is 3.30. The predicted molar refractivity (Wildman–Crippen MR) is 72.5 cm³/mol. The van der Waals surface area contributed by atoms with Gasteiger partial charge in [-0.05, 0) is 25.1 Å². The van der Waals surface area contributed by atoms with Crippen molar-refractivity contribution in [2.75, 3.05) is 38.8 Å². The lowest BCUT2D eigenvalue weighted by Gasteiger charge is -2.48. The Balaban J connectivity index is 2.11. The topological polar surface area (TPSA) is 51.2 Å². The van der Waals surface area contributed by atoms with Crippen LogP contribution < -0.4 is 9.64 Å². The quantitative estimate of drug-likeness (QED) is 0.789. The largest absolute Gasteiger partial charge is 0.494 e. The molecule has 0 amide bonds. The fourth-order valence-corrected chi connectivity index (χ4v) is 2.24. The Morgan fingerprint density at radius 1 is 1.26 bits per heavy atom. The van der Waals surface area contributed by atoms with Gasteiger partial charge in [-0.3, -0.25) is 0 Å². The molecule has 1 fully saturated rings. The summed E-state index contributed by atoms with van der Waals surface area (Å²) in [6.45, 7) is 3.84. The lowest BCUT2D eigenvalue weighted by Crippen LogP contribution is -2.64. The Bertz CT molecular complexity index is 423. The molecular formula is C14H21NO4. The van der Waals surface area contributed by atoms with E-state index in [0.717, 1.165) is 17.0 Å². The predicted octanol–water partition coefficient (Wildman–Crippen LogP) is 1.39. The van der Waals surface area contributed by atoms with Crippen molar-refractivity contribution in [3.8, 4) is 5.75 Å². The zero-order valence-corrected chi connectivity index (χ0v) is 11.7. The van der Waals surface area contributed by atoms with Crippen LogP contribution in [0.15, 0.2) is 18.2 Å². The highest BCUT2D eigenvalue weighted by Gasteiger charge is 2.44. The minimum absolute atomic E-state index is 0.0310. The summed E-state index contributed by atoms with van der Waals surface area (Å²) in [6.07, 6.45) is 0. The first-order chi connectivity index (χ1) is 9.18. The highest BCUT2D eigenvalue weighted by Crippen LogP contribution is 2.33. The fourth-order valence-electron chi connectivity index (χ4n) is 2.24. The molecule has 0 unspecified atom stereocenters. The molecule has 0 saturated carbocycles. The number of benzene rings is 1. The second-order valence-corrected chi connectivity index (χ2v) is 4.56. The molecule has 1 saturated heterocycles. The molecule has 106 valence electrons. The van der Waals surface area contributed by atoms with Crippen LogP contribution in [0.5, 0.6) is 5.75 Å². The molecule has 0 radical (unpaired) electrons. The molecular weight excluding hydrogens is 246 g/mol. The van der Waals surface area contributed by atoms with Crippen molar-refractivity contribution in [2.24, 2.45) is 0 Å². The highest BCUT2D eigenvalue weighted by atomic mass is 16.7. The summed E-state index contributed by atoms with van der Waals surface area (Å²) >= 11 is 0. The minimum atomic E-state index is -0.502. The summed E-state index contributed by atoms with van der Waals surface area (Å²) in [5.74, 6) is 0.233. The Morgan fingerprint density at radius 2 is 1.95 bits per heavy atom. The van der Waals surface area contributed by atoms with Crippen molar-refractivity contribution in [3.63, 3.8) is 0 Å². The van der Waals surface area contributed by atoms with Crippen LogP contribution in [0.2, 0.25) is 0 Å². The van der Waals surface area contributed by atoms with Crippen LogP contribution in [-0.2, 0) is 16.1 Å². The number of hydrogen-bond acceptors (Lipinski definition) is 5. The van der Waals surface area contributed by atoms with Gasteiger partial charge in [-0.1, -0.05) is 0 Å². The lowest BCUT2D eigenvalue weighted by molar-refractivity contribution is -0.219. The maximum atomic E-state index is 9.39. The molecule has 1 aliphatic rings. The van der Waals surface area contributed by atoms with E-state index in [-0.39, 0.29) is 6.61 Å². The van der Waals surface area contributed by atoms with E-state index in [2.05, 4.69) is 4.90 Å². The lowest BCUT2D eigenvalue weighted by atomic mass is 10.0. The Morgan fingerprint density at radius 3 is 2.47 bits per heavy atom. The highest BCUT2D eigenvalue weighted by molar-refractivity contribution is 5.55. The standard InChI is InChI=1S/C14H21NO4/c1-4-19-13-6-5-12(7-11(13)8-16)15-9-14(10-15,17-2)18-3/h5-7,16H,4,8-10H2,1-3H3. The summed E-state index contributed by atoms with van der Waals surface area (Å²) < 4.78 is 16.2. The number of ether oxygens (including phenoxy) is 3. The average molecular weight is 267 g/mol. The molecule has 0 atom stereocenters. The fraction of sp³-hybridized carbons (Fsp3) is 0.571. The van der Waals surface area contributed by atoms with Gasteiger partial charge in [-0.2, -0.15) is 0 Å². The van der Waals surface area contributed by atoms with E-state index in [1.54, 1.807) is 14.2 Å². The molecule has 0 aliphatic carbocycles. The van der Waals surface area contributed by atoms with Gasteiger partial charge in [-0.15, -0.1) is 0 Å². The molecule has 0 aromatic heterocycles. The third-order valence-corrected chi connectivity index (χ3v) is 3.49. The molecule has 19 heavy (non-hydrogen) atoms. The van der Waals surface area contributed by atoms with Gasteiger partial charge in [0, 0.05) is 25.5 Å². The van der Waals surface area contributed by atoms with Crippen molar-refractivity contribution in [2.45, 2.75) is 19.3 Å². The molecule has 1 aromatic rings. The van der Waals surface area contributed by atoms with Crippen LogP contribution in [0, 0.1) is 0 Å². The average Bonchev–Trinajstić information content (AvgIpc) is 2.40. The molecule has 2 rings (SSSR count). The Kier molecular flexibility index (Phi) is 4.29. The third kappa shape index (κ3) is 2.68. The summed E-state index contributed by atoms with van der Waals surface area (Å²) in [4.78, 5) is 2.14. The van der Waals surface area contributed by atoms with Crippen LogP contribution in [-0.4, -0.2) is 44.8 Å². The number of anilines is 1. The zero-order valence-electron chi connectivity index (χ0n) is 11.7. The number of aliphatic hydroxyl groups is 1. The van der Waals surface area contributed by atoms with E-state index in [1.165, 1.54) is 0 Å². The SMILES string of the molecule is CCOc1ccc(N2CC(OC)(OC)C2)cc1CO. The Hall–Kier alpha value is -1.30. The van der Waals surface area contributed by atoms with E-state index in [0.29, 0.717) is 19.7 Å². The van der Waals surface area contributed by atoms with Crippen LogP contribution in [0.4, 0.5) is 5.69 Å². The van der Waals surface area contributed by atoms with Crippen molar-refractivity contribution in [3.05, 3.63) is 23.8 Å². The third-order valence-electron chi connectivity index (χ3n) is 3.49. The Labute approximate surface area is 113 Å². The van der Waals surface area contributed by atoms with Crippen LogP contribution in [0.3, 0.4) is 0 Å². The van der Waals surface area contributed by atoms with Gasteiger partial charge in [0.2, 0.25) is 5.79 Å². The van der Waals surface area contributed by atoms with E-state index in [1.807, 2.05) is 25.1 Å². The molecule has 0 spiro atoms. The normalized spacial score (nSPS) is 17.2. The molecule has 5 heteroatoms. The van der Waals surface area contributed by atoms with Gasteiger partial charge >= 0.3 is 0 Å². The first-order valence-electron chi connectivity index (χ1n) is 6.40. The first kappa shape index (κ1) is 14.1. The summed E-state index contributed by atoms with van der Waals surface area (Å²) in [5, 5.41) is 9.39. The van der Waals surface area contributed by atoms with E-state index >= 15 is 0 Å². The van der Waals surface area contributed by atoms with Crippen molar-refractivity contribution < 1.29 is 19.3 Å². The van der Waals surface area contributed by atoms with Gasteiger partial charge in [0.05, 0.1) is 26.3 Å². The number of methoxy groups -OCH3 is 2. The van der Waals surface area contributed by atoms with Crippen LogP contribution in [0.25, 0.3) is 0 Å². The monoisotopic (exact) mass is 267 g/mol. The van der Waals surface area contributed by atoms with Gasteiger partial charge in [0.15, 0.2) is 0 Å². The second-order valence-electron chi connectivity index (χ2n) is 4.56. The van der Waals surface area contributed by atoms with Gasteiger partial charge in [0.1, 0.15) is 5.75 Å². The van der Waals surface area contributed by atoms with Crippen LogP contribution >= 0.6 is 0 Å². The van der Waals surface area contributed by atoms with Crippen LogP contribution in [0.1, 0.15) is 12.5 Å². The maximum absolute atomic E-state index is 9.39. The van der Waals surface area contributed by atoms with E-state index in [4.69, 9.17) is 14.2 Å². The number of hydrogen-bond donors (Lipinski definition) is 1. The maximum Gasteiger partial charge on any atom is 0.203 e. The number of aliphatic hydroxyl groups excluding tert-OH is 1. The van der Waals surface area contributed by atoms with Gasteiger partial charge in [-0.25, -0.2) is 0 Å². The molecule has 5 nitrogen and oxygen atoms in total. The minimum Gasteiger partial charge on any atom is -0.494 e. The zero-order chi connectivity index (χ0) is 13.9. The molecule has 1 aromatic carbocycles. The smallest absolute Gasteiger partial charge is 0.203 e. The number of rotatable bonds is 6. The molecule has 0 bridgehead atoms. The molecule has 1 heterocycles. The first-order valence-corrected chi connectivity index (χ1v) is 6.40. The van der Waals surface area contributed by atoms with Gasteiger partial charge < -0.3 is 24.2 Å². The number of nitrogens with zero attached hydrogens (tertiary/aromatic N) is 1. The molecule has 1 aliphatic heterocycles. The second kappa shape index (κ2) is 5.77. The van der Waals surface area contributed by atoms with Crippen molar-refractivity contribution in [1.29, 1.82) is 0 Å². The molecule has 1 N–H and O–H groups in total. The summed E-state index contributed by atoms with van der Waals surface area (Å²) in [6, 6.07) is 5.82. The van der Waals surface area contributed by atoms with Crippen molar-refractivity contribution >= 4 is 5.69 Å². The van der Waals surface area contributed by atoms with Gasteiger partial charge in [0.25, 0.3) is 0 Å². The van der Waals surface area contributed by atoms with E-state index in [9.17, 15) is 5.11 Å². The summed E-state index contributed by atoms with van der Waals surface area (Å²) in [5.41, 5.74) is 1.84. The van der Waals surface area contributed by atoms with Crippen molar-refractivity contribution in [1.82, 2.24) is 0 Å². The van der Waals surface area contributed by atoms with E-state index < -0.39 is 5.79 Å².